The zero-order valence-corrected chi connectivity index (χ0v) is 12.4. The van der Waals surface area contributed by atoms with E-state index in [0.29, 0.717) is 6.54 Å². The van der Waals surface area contributed by atoms with E-state index in [9.17, 15) is 9.59 Å². The van der Waals surface area contributed by atoms with Crippen molar-refractivity contribution in [2.45, 2.75) is 65.0 Å². The molecule has 1 heterocycles. The second-order valence-corrected chi connectivity index (χ2v) is 7.12. The Bertz CT molecular complexity index is 374. The van der Waals surface area contributed by atoms with Gasteiger partial charge in [-0.15, -0.1) is 0 Å². The molecule has 1 aliphatic heterocycles. The summed E-state index contributed by atoms with van der Waals surface area (Å²) < 4.78 is 5.44. The summed E-state index contributed by atoms with van der Waals surface area (Å²) >= 11 is 0. The molecule has 1 amide bonds. The second kappa shape index (κ2) is 4.80. The molecule has 0 N–H and O–H groups in total. The van der Waals surface area contributed by atoms with Crippen LogP contribution >= 0.6 is 0 Å². The fourth-order valence-electron chi connectivity index (χ4n) is 3.45. The number of likely N-dealkylation sites (tertiary alicyclic amines) is 1. The van der Waals surface area contributed by atoms with Gasteiger partial charge in [-0.25, -0.2) is 4.79 Å². The maximum atomic E-state index is 12.1. The number of carbonyl (C=O) groups is 2. The van der Waals surface area contributed by atoms with Gasteiger partial charge in [0.2, 0.25) is 0 Å². The highest BCUT2D eigenvalue weighted by Crippen LogP contribution is 2.54. The predicted octanol–water partition coefficient (Wildman–Crippen LogP) is 3.00. The molecule has 0 aromatic carbocycles. The summed E-state index contributed by atoms with van der Waals surface area (Å²) in [5.41, 5.74) is -0.284. The Kier molecular flexibility index (Phi) is 3.63. The number of amides is 1. The maximum Gasteiger partial charge on any atom is 0.410 e. The van der Waals surface area contributed by atoms with E-state index in [0.717, 1.165) is 32.0 Å². The summed E-state index contributed by atoms with van der Waals surface area (Å²) in [5.74, 6) is 0.204. The third-order valence-electron chi connectivity index (χ3n) is 4.62. The average Bonchev–Trinajstić information content (AvgIpc) is 2.25. The minimum Gasteiger partial charge on any atom is -0.444 e. The summed E-state index contributed by atoms with van der Waals surface area (Å²) in [6.07, 6.45) is 4.89. The van der Waals surface area contributed by atoms with E-state index in [1.165, 1.54) is 0 Å². The SMILES string of the molecule is CC1CC2(CCC2C=O)CCN1C(=O)OC(C)(C)C. The van der Waals surface area contributed by atoms with E-state index in [1.54, 1.807) is 0 Å². The number of ether oxygens (including phenoxy) is 1. The van der Waals surface area contributed by atoms with Crippen molar-refractivity contribution in [2.24, 2.45) is 11.3 Å². The number of rotatable bonds is 1. The van der Waals surface area contributed by atoms with Crippen LogP contribution in [0.25, 0.3) is 0 Å². The molecule has 19 heavy (non-hydrogen) atoms. The molecule has 2 aliphatic rings. The van der Waals surface area contributed by atoms with Gasteiger partial charge in [0, 0.05) is 18.5 Å². The molecule has 2 rings (SSSR count). The lowest BCUT2D eigenvalue weighted by molar-refractivity contribution is -0.126. The Morgan fingerprint density at radius 2 is 2.05 bits per heavy atom. The van der Waals surface area contributed by atoms with Crippen molar-refractivity contribution in [1.29, 1.82) is 0 Å². The Morgan fingerprint density at radius 3 is 2.47 bits per heavy atom. The molecular weight excluding hydrogens is 242 g/mol. The molecule has 0 aromatic rings. The molecule has 1 aliphatic carbocycles. The Labute approximate surface area is 115 Å². The normalized spacial score (nSPS) is 34.8. The minimum atomic E-state index is -0.451. The van der Waals surface area contributed by atoms with Gasteiger partial charge in [-0.2, -0.15) is 0 Å². The molecule has 4 heteroatoms. The van der Waals surface area contributed by atoms with Gasteiger partial charge in [-0.3, -0.25) is 0 Å². The topological polar surface area (TPSA) is 46.6 Å². The van der Waals surface area contributed by atoms with E-state index in [1.807, 2.05) is 25.7 Å². The van der Waals surface area contributed by atoms with Gasteiger partial charge >= 0.3 is 6.09 Å². The van der Waals surface area contributed by atoms with E-state index >= 15 is 0 Å². The van der Waals surface area contributed by atoms with Crippen molar-refractivity contribution in [2.75, 3.05) is 6.54 Å². The monoisotopic (exact) mass is 267 g/mol. The molecule has 4 nitrogen and oxygen atoms in total. The van der Waals surface area contributed by atoms with Gasteiger partial charge in [0.15, 0.2) is 0 Å². The van der Waals surface area contributed by atoms with Crippen LogP contribution in [0.15, 0.2) is 0 Å². The summed E-state index contributed by atoms with van der Waals surface area (Å²) in [6, 6.07) is 0.159. The van der Waals surface area contributed by atoms with Gasteiger partial charge < -0.3 is 14.4 Å². The number of hydrogen-bond donors (Lipinski definition) is 0. The fourth-order valence-corrected chi connectivity index (χ4v) is 3.45. The molecule has 108 valence electrons. The van der Waals surface area contributed by atoms with Crippen molar-refractivity contribution in [3.8, 4) is 0 Å². The highest BCUT2D eigenvalue weighted by atomic mass is 16.6. The van der Waals surface area contributed by atoms with E-state index < -0.39 is 5.60 Å². The zero-order chi connectivity index (χ0) is 14.3. The largest absolute Gasteiger partial charge is 0.444 e. The Balaban J connectivity index is 1.97. The molecular formula is C15H25NO3. The van der Waals surface area contributed by atoms with Crippen LogP contribution in [0, 0.1) is 11.3 Å². The van der Waals surface area contributed by atoms with Crippen LogP contribution in [0.3, 0.4) is 0 Å². The molecule has 3 unspecified atom stereocenters. The van der Waals surface area contributed by atoms with Crippen molar-refractivity contribution in [3.63, 3.8) is 0 Å². The quantitative estimate of drug-likeness (QED) is 0.686. The van der Waals surface area contributed by atoms with Crippen LogP contribution < -0.4 is 0 Å². The standard InChI is InChI=1S/C15H25NO3/c1-11-9-15(6-5-12(15)10-17)7-8-16(11)13(18)19-14(2,3)4/h10-12H,5-9H2,1-4H3. The van der Waals surface area contributed by atoms with Crippen molar-refractivity contribution < 1.29 is 14.3 Å². The summed E-state index contributed by atoms with van der Waals surface area (Å²) in [7, 11) is 0. The van der Waals surface area contributed by atoms with E-state index in [-0.39, 0.29) is 23.5 Å². The highest BCUT2D eigenvalue weighted by Gasteiger charge is 2.50. The molecule has 0 bridgehead atoms. The first-order valence-electron chi connectivity index (χ1n) is 7.22. The Hall–Kier alpha value is -1.06. The minimum absolute atomic E-state index is 0.159. The first-order chi connectivity index (χ1) is 8.77. The van der Waals surface area contributed by atoms with Crippen molar-refractivity contribution >= 4 is 12.4 Å². The molecule has 1 saturated heterocycles. The van der Waals surface area contributed by atoms with E-state index in [4.69, 9.17) is 4.74 Å². The fraction of sp³-hybridized carbons (Fsp3) is 0.867. The lowest BCUT2D eigenvalue weighted by atomic mass is 9.55. The molecule has 2 fully saturated rings. The second-order valence-electron chi connectivity index (χ2n) is 7.12. The van der Waals surface area contributed by atoms with Gasteiger partial charge in [0.1, 0.15) is 11.9 Å². The van der Waals surface area contributed by atoms with Crippen molar-refractivity contribution in [1.82, 2.24) is 4.90 Å². The van der Waals surface area contributed by atoms with Crippen LogP contribution in [-0.2, 0) is 9.53 Å². The van der Waals surface area contributed by atoms with E-state index in [2.05, 4.69) is 6.92 Å². The zero-order valence-electron chi connectivity index (χ0n) is 12.4. The van der Waals surface area contributed by atoms with Crippen LogP contribution in [0.2, 0.25) is 0 Å². The van der Waals surface area contributed by atoms with Crippen LogP contribution in [0.1, 0.15) is 53.4 Å². The van der Waals surface area contributed by atoms with Gasteiger partial charge in [-0.05, 0) is 58.8 Å². The summed E-state index contributed by atoms with van der Waals surface area (Å²) in [5, 5.41) is 0. The number of piperidine rings is 1. The molecule has 1 saturated carbocycles. The first kappa shape index (κ1) is 14.4. The number of carbonyl (C=O) groups excluding carboxylic acids is 2. The van der Waals surface area contributed by atoms with Crippen LogP contribution in [0.4, 0.5) is 4.79 Å². The Morgan fingerprint density at radius 1 is 1.37 bits per heavy atom. The summed E-state index contributed by atoms with van der Waals surface area (Å²) in [4.78, 5) is 25.0. The number of hydrogen-bond acceptors (Lipinski definition) is 3. The highest BCUT2D eigenvalue weighted by molar-refractivity contribution is 5.69. The molecule has 1 spiro atoms. The smallest absolute Gasteiger partial charge is 0.410 e. The average molecular weight is 267 g/mol. The van der Waals surface area contributed by atoms with Gasteiger partial charge in [0.25, 0.3) is 0 Å². The number of aldehydes is 1. The van der Waals surface area contributed by atoms with Crippen molar-refractivity contribution in [3.05, 3.63) is 0 Å². The number of nitrogens with zero attached hydrogens (tertiary/aromatic N) is 1. The molecule has 3 atom stereocenters. The molecule has 0 aromatic heterocycles. The predicted molar refractivity (Wildman–Crippen MR) is 72.9 cm³/mol. The van der Waals surface area contributed by atoms with Crippen LogP contribution in [-0.4, -0.2) is 35.5 Å². The summed E-state index contributed by atoms with van der Waals surface area (Å²) in [6.45, 7) is 8.42. The van der Waals surface area contributed by atoms with Gasteiger partial charge in [0.05, 0.1) is 0 Å². The third kappa shape index (κ3) is 2.77. The van der Waals surface area contributed by atoms with Crippen LogP contribution in [0.5, 0.6) is 0 Å². The third-order valence-corrected chi connectivity index (χ3v) is 4.62. The van der Waals surface area contributed by atoms with Gasteiger partial charge in [-0.1, -0.05) is 0 Å². The maximum absolute atomic E-state index is 12.1. The lowest BCUT2D eigenvalue weighted by Crippen LogP contribution is -2.55. The molecule has 0 radical (unpaired) electrons. The first-order valence-corrected chi connectivity index (χ1v) is 7.22. The lowest BCUT2D eigenvalue weighted by Gasteiger charge is -2.54.